The van der Waals surface area contributed by atoms with Crippen LogP contribution in [0.4, 0.5) is 10.1 Å². The monoisotopic (exact) mass is 222 g/mol. The third-order valence-electron chi connectivity index (χ3n) is 2.41. The first kappa shape index (κ1) is 12.7. The van der Waals surface area contributed by atoms with Gasteiger partial charge in [-0.2, -0.15) is 0 Å². The van der Waals surface area contributed by atoms with Gasteiger partial charge in [-0.25, -0.2) is 4.39 Å². The van der Waals surface area contributed by atoms with E-state index in [1.54, 1.807) is 12.1 Å². The highest BCUT2D eigenvalue weighted by atomic mass is 19.1. The van der Waals surface area contributed by atoms with Crippen LogP contribution < -0.4 is 5.73 Å². The maximum Gasteiger partial charge on any atom is 0.129 e. The van der Waals surface area contributed by atoms with Crippen molar-refractivity contribution in [3.63, 3.8) is 0 Å². The summed E-state index contributed by atoms with van der Waals surface area (Å²) < 4.78 is 13.6. The first-order valence-electron chi connectivity index (χ1n) is 5.43. The second-order valence-electron chi connectivity index (χ2n) is 4.11. The summed E-state index contributed by atoms with van der Waals surface area (Å²) in [4.78, 5) is 2.14. The molecule has 2 N–H and O–H groups in total. The van der Waals surface area contributed by atoms with Crippen LogP contribution >= 0.6 is 0 Å². The molecule has 1 aromatic rings. The Labute approximate surface area is 96.6 Å². The van der Waals surface area contributed by atoms with Gasteiger partial charge in [0.25, 0.3) is 0 Å². The van der Waals surface area contributed by atoms with Crippen LogP contribution in [0.15, 0.2) is 30.4 Å². The highest BCUT2D eigenvalue weighted by Gasteiger charge is 2.08. The van der Waals surface area contributed by atoms with E-state index in [1.165, 1.54) is 6.07 Å². The Hall–Kier alpha value is -1.35. The summed E-state index contributed by atoms with van der Waals surface area (Å²) in [7, 11) is 0. The van der Waals surface area contributed by atoms with E-state index >= 15 is 0 Å². The zero-order valence-electron chi connectivity index (χ0n) is 9.96. The largest absolute Gasteiger partial charge is 0.399 e. The van der Waals surface area contributed by atoms with Crippen molar-refractivity contribution in [1.29, 1.82) is 0 Å². The van der Waals surface area contributed by atoms with Crippen LogP contribution in [0.25, 0.3) is 0 Å². The maximum absolute atomic E-state index is 13.6. The van der Waals surface area contributed by atoms with Gasteiger partial charge in [-0.3, -0.25) is 4.90 Å². The van der Waals surface area contributed by atoms with Gasteiger partial charge in [-0.05, 0) is 25.6 Å². The number of nitrogens with two attached hydrogens (primary N) is 1. The molecular weight excluding hydrogens is 203 g/mol. The molecule has 0 aliphatic heterocycles. The number of benzene rings is 1. The van der Waals surface area contributed by atoms with E-state index in [0.29, 0.717) is 17.8 Å². The minimum Gasteiger partial charge on any atom is -0.399 e. The molecule has 0 amide bonds. The zero-order valence-corrected chi connectivity index (χ0v) is 9.96. The second kappa shape index (κ2) is 5.66. The van der Waals surface area contributed by atoms with Gasteiger partial charge in [0, 0.05) is 24.3 Å². The molecule has 1 aromatic carbocycles. The lowest BCUT2D eigenvalue weighted by molar-refractivity contribution is 0.299. The molecule has 1 rings (SSSR count). The molecule has 88 valence electrons. The maximum atomic E-state index is 13.6. The van der Waals surface area contributed by atoms with Crippen LogP contribution in [0.3, 0.4) is 0 Å². The van der Waals surface area contributed by atoms with E-state index in [-0.39, 0.29) is 5.82 Å². The molecule has 0 unspecified atom stereocenters. The smallest absolute Gasteiger partial charge is 0.129 e. The summed E-state index contributed by atoms with van der Waals surface area (Å²) in [6, 6.07) is 4.84. The van der Waals surface area contributed by atoms with E-state index < -0.39 is 0 Å². The van der Waals surface area contributed by atoms with Gasteiger partial charge in [-0.15, -0.1) is 0 Å². The summed E-state index contributed by atoms with van der Waals surface area (Å²) in [6.45, 7) is 10.1. The standard InChI is InChI=1S/C13H19FN2/c1-4-16(8-10(2)3)9-11-5-6-12(15)7-13(11)14/h5-7H,2,4,8-9,15H2,1,3H3. The van der Waals surface area contributed by atoms with E-state index in [1.807, 2.05) is 6.92 Å². The summed E-state index contributed by atoms with van der Waals surface area (Å²) in [6.07, 6.45) is 0. The van der Waals surface area contributed by atoms with Gasteiger partial charge in [0.1, 0.15) is 5.82 Å². The van der Waals surface area contributed by atoms with Crippen molar-refractivity contribution in [3.05, 3.63) is 41.7 Å². The fourth-order valence-corrected chi connectivity index (χ4v) is 1.59. The first-order chi connectivity index (χ1) is 7.52. The Kier molecular flexibility index (Phi) is 4.50. The number of nitrogens with zero attached hydrogens (tertiary/aromatic N) is 1. The summed E-state index contributed by atoms with van der Waals surface area (Å²) in [5.74, 6) is -0.236. The summed E-state index contributed by atoms with van der Waals surface area (Å²) in [5.41, 5.74) is 7.73. The van der Waals surface area contributed by atoms with E-state index in [0.717, 1.165) is 18.7 Å². The number of anilines is 1. The SMILES string of the molecule is C=C(C)CN(CC)Cc1ccc(N)cc1F. The van der Waals surface area contributed by atoms with Crippen LogP contribution in [0.2, 0.25) is 0 Å². The van der Waals surface area contributed by atoms with Crippen molar-refractivity contribution < 1.29 is 4.39 Å². The Morgan fingerprint density at radius 1 is 1.50 bits per heavy atom. The molecule has 0 bridgehead atoms. The summed E-state index contributed by atoms with van der Waals surface area (Å²) in [5, 5.41) is 0. The fraction of sp³-hybridized carbons (Fsp3) is 0.385. The Morgan fingerprint density at radius 3 is 2.69 bits per heavy atom. The molecule has 0 spiro atoms. The molecule has 2 nitrogen and oxygen atoms in total. The molecule has 0 atom stereocenters. The Bertz CT molecular complexity index is 374. The van der Waals surface area contributed by atoms with Crippen molar-refractivity contribution in [2.75, 3.05) is 18.8 Å². The van der Waals surface area contributed by atoms with Crippen molar-refractivity contribution >= 4 is 5.69 Å². The molecule has 0 heterocycles. The highest BCUT2D eigenvalue weighted by molar-refractivity contribution is 5.40. The lowest BCUT2D eigenvalue weighted by Gasteiger charge is -2.20. The molecule has 0 radical (unpaired) electrons. The number of likely N-dealkylation sites (N-methyl/N-ethyl adjacent to an activating group) is 1. The molecule has 16 heavy (non-hydrogen) atoms. The minimum absolute atomic E-state index is 0.236. The molecule has 3 heteroatoms. The van der Waals surface area contributed by atoms with E-state index in [2.05, 4.69) is 18.4 Å². The second-order valence-corrected chi connectivity index (χ2v) is 4.11. The molecule has 0 fully saturated rings. The van der Waals surface area contributed by atoms with Gasteiger partial charge < -0.3 is 5.73 Å². The number of halogens is 1. The van der Waals surface area contributed by atoms with Gasteiger partial charge in [0.05, 0.1) is 0 Å². The van der Waals surface area contributed by atoms with Crippen LogP contribution in [0, 0.1) is 5.82 Å². The number of hydrogen-bond donors (Lipinski definition) is 1. The average molecular weight is 222 g/mol. The number of nitrogen functional groups attached to an aromatic ring is 1. The molecule has 0 aromatic heterocycles. The van der Waals surface area contributed by atoms with Crippen LogP contribution in [0.5, 0.6) is 0 Å². The molecular formula is C13H19FN2. The Balaban J connectivity index is 2.73. The third-order valence-corrected chi connectivity index (χ3v) is 2.41. The quantitative estimate of drug-likeness (QED) is 0.613. The van der Waals surface area contributed by atoms with E-state index in [9.17, 15) is 4.39 Å². The molecule has 0 saturated carbocycles. The van der Waals surface area contributed by atoms with Crippen LogP contribution in [0.1, 0.15) is 19.4 Å². The van der Waals surface area contributed by atoms with Crippen LogP contribution in [-0.2, 0) is 6.54 Å². The molecule has 0 aliphatic rings. The third kappa shape index (κ3) is 3.66. The minimum atomic E-state index is -0.236. The van der Waals surface area contributed by atoms with Gasteiger partial charge >= 0.3 is 0 Å². The van der Waals surface area contributed by atoms with Gasteiger partial charge in [0.15, 0.2) is 0 Å². The topological polar surface area (TPSA) is 29.3 Å². The average Bonchev–Trinajstić information content (AvgIpc) is 2.20. The molecule has 0 aliphatic carbocycles. The van der Waals surface area contributed by atoms with Gasteiger partial charge in [0.2, 0.25) is 0 Å². The fourth-order valence-electron chi connectivity index (χ4n) is 1.59. The number of hydrogen-bond acceptors (Lipinski definition) is 2. The summed E-state index contributed by atoms with van der Waals surface area (Å²) >= 11 is 0. The van der Waals surface area contributed by atoms with Crippen molar-refractivity contribution in [2.45, 2.75) is 20.4 Å². The van der Waals surface area contributed by atoms with Crippen molar-refractivity contribution in [3.8, 4) is 0 Å². The van der Waals surface area contributed by atoms with Crippen molar-refractivity contribution in [2.24, 2.45) is 0 Å². The predicted molar refractivity (Wildman–Crippen MR) is 66.6 cm³/mol. The lowest BCUT2D eigenvalue weighted by Crippen LogP contribution is -2.25. The lowest BCUT2D eigenvalue weighted by atomic mass is 10.1. The zero-order chi connectivity index (χ0) is 12.1. The van der Waals surface area contributed by atoms with Gasteiger partial charge in [-0.1, -0.05) is 25.1 Å². The first-order valence-corrected chi connectivity index (χ1v) is 5.43. The van der Waals surface area contributed by atoms with Crippen LogP contribution in [-0.4, -0.2) is 18.0 Å². The Morgan fingerprint density at radius 2 is 2.19 bits per heavy atom. The normalized spacial score (nSPS) is 10.8. The van der Waals surface area contributed by atoms with Crippen molar-refractivity contribution in [1.82, 2.24) is 4.90 Å². The highest BCUT2D eigenvalue weighted by Crippen LogP contribution is 2.14. The van der Waals surface area contributed by atoms with E-state index in [4.69, 9.17) is 5.73 Å². The number of rotatable bonds is 5. The predicted octanol–water partition coefficient (Wildman–Crippen LogP) is 2.81. The molecule has 0 saturated heterocycles.